The van der Waals surface area contributed by atoms with Crippen molar-refractivity contribution in [3.05, 3.63) is 54.1 Å². The van der Waals surface area contributed by atoms with Crippen molar-refractivity contribution in [1.82, 2.24) is 0 Å². The van der Waals surface area contributed by atoms with Crippen LogP contribution in [0.15, 0.2) is 53.4 Å². The van der Waals surface area contributed by atoms with Gasteiger partial charge in [-0.15, -0.1) is 0 Å². The maximum absolute atomic E-state index is 12.8. The summed E-state index contributed by atoms with van der Waals surface area (Å²) in [5.74, 6) is 0.580. The van der Waals surface area contributed by atoms with Gasteiger partial charge in [-0.2, -0.15) is 0 Å². The van der Waals surface area contributed by atoms with Gasteiger partial charge in [0.1, 0.15) is 0 Å². The van der Waals surface area contributed by atoms with E-state index >= 15 is 0 Å². The van der Waals surface area contributed by atoms with Crippen LogP contribution in [0.25, 0.3) is 0 Å². The Kier molecular flexibility index (Phi) is 6.64. The Morgan fingerprint density at radius 2 is 1.57 bits per heavy atom. The van der Waals surface area contributed by atoms with Crippen LogP contribution in [-0.2, 0) is 10.0 Å². The lowest BCUT2D eigenvalue weighted by Gasteiger charge is -2.33. The third kappa shape index (κ3) is 4.98. The van der Waals surface area contributed by atoms with Crippen molar-refractivity contribution >= 4 is 21.4 Å². The predicted octanol–water partition coefficient (Wildman–Crippen LogP) is 3.26. The minimum absolute atomic E-state index is 0.324. The summed E-state index contributed by atoms with van der Waals surface area (Å²) in [5, 5.41) is 0. The molecule has 0 spiro atoms. The summed E-state index contributed by atoms with van der Waals surface area (Å²) in [4.78, 5) is 4.34. The van der Waals surface area contributed by atoms with Gasteiger partial charge in [-0.25, -0.2) is 8.42 Å². The molecule has 1 aliphatic heterocycles. The molecule has 2 aromatic carbocycles. The van der Waals surface area contributed by atoms with E-state index in [1.165, 1.54) is 44.2 Å². The van der Waals surface area contributed by atoms with E-state index in [9.17, 15) is 8.42 Å². The number of piperazine rings is 1. The Labute approximate surface area is 181 Å². The third-order valence-corrected chi connectivity index (χ3v) is 8.12. The Bertz CT molecular complexity index is 912. The molecule has 2 fully saturated rings. The maximum Gasteiger partial charge on any atom is 0.261 e. The van der Waals surface area contributed by atoms with Crippen molar-refractivity contribution in [2.24, 2.45) is 0 Å². The summed E-state index contributed by atoms with van der Waals surface area (Å²) < 4.78 is 28.4. The summed E-state index contributed by atoms with van der Waals surface area (Å²) in [7, 11) is -3.58. The highest BCUT2D eigenvalue weighted by atomic mass is 32.2. The largest absolute Gasteiger partial charge is 0.360 e. The van der Waals surface area contributed by atoms with Crippen molar-refractivity contribution in [2.75, 3.05) is 42.3 Å². The highest BCUT2D eigenvalue weighted by Gasteiger charge is 2.20. The lowest BCUT2D eigenvalue weighted by Crippen LogP contribution is -3.14. The zero-order chi connectivity index (χ0) is 21.0. The quantitative estimate of drug-likeness (QED) is 0.743. The van der Waals surface area contributed by atoms with Crippen LogP contribution >= 0.6 is 0 Å². The van der Waals surface area contributed by atoms with Crippen LogP contribution < -0.4 is 14.5 Å². The number of hydrogen-bond donors (Lipinski definition) is 2. The topological polar surface area (TPSA) is 53.9 Å². The maximum atomic E-state index is 12.8. The molecule has 0 aromatic heterocycles. The van der Waals surface area contributed by atoms with E-state index in [1.807, 2.05) is 36.4 Å². The molecule has 162 valence electrons. The number of rotatable bonds is 6. The molecule has 6 heteroatoms. The number of likely N-dealkylation sites (N-methyl/N-ethyl adjacent to an activating group) is 1. The fraction of sp³-hybridized carbons (Fsp3) is 0.500. The van der Waals surface area contributed by atoms with Crippen LogP contribution in [0.2, 0.25) is 0 Å². The highest BCUT2D eigenvalue weighted by Crippen LogP contribution is 2.33. The second kappa shape index (κ2) is 9.40. The molecule has 0 bridgehead atoms. The number of hydrogen-bond acceptors (Lipinski definition) is 3. The van der Waals surface area contributed by atoms with E-state index in [0.717, 1.165) is 31.9 Å². The van der Waals surface area contributed by atoms with Gasteiger partial charge in [0.2, 0.25) is 0 Å². The molecule has 0 radical (unpaired) electrons. The fourth-order valence-electron chi connectivity index (χ4n) is 4.74. The molecule has 30 heavy (non-hydrogen) atoms. The molecule has 2 aromatic rings. The number of benzene rings is 2. The molecule has 4 rings (SSSR count). The van der Waals surface area contributed by atoms with Gasteiger partial charge in [0.05, 0.1) is 37.6 Å². The minimum atomic E-state index is -3.58. The van der Waals surface area contributed by atoms with Crippen molar-refractivity contribution in [3.8, 4) is 0 Å². The molecule has 0 unspecified atom stereocenters. The van der Waals surface area contributed by atoms with Crippen LogP contribution in [0.5, 0.6) is 0 Å². The van der Waals surface area contributed by atoms with E-state index in [2.05, 4.69) is 16.5 Å². The van der Waals surface area contributed by atoms with Gasteiger partial charge in [0, 0.05) is 11.4 Å². The molecule has 1 aliphatic carbocycles. The summed E-state index contributed by atoms with van der Waals surface area (Å²) in [6.45, 7) is 7.80. The molecule has 1 heterocycles. The highest BCUT2D eigenvalue weighted by molar-refractivity contribution is 7.92. The summed E-state index contributed by atoms with van der Waals surface area (Å²) in [5.41, 5.74) is 3.03. The number of anilines is 2. The fourth-order valence-corrected chi connectivity index (χ4v) is 5.80. The van der Waals surface area contributed by atoms with Gasteiger partial charge in [0.15, 0.2) is 0 Å². The van der Waals surface area contributed by atoms with Crippen LogP contribution in [0.4, 0.5) is 11.4 Å². The molecule has 0 atom stereocenters. The van der Waals surface area contributed by atoms with E-state index in [4.69, 9.17) is 0 Å². The number of nitrogens with one attached hydrogen (secondary N) is 2. The summed E-state index contributed by atoms with van der Waals surface area (Å²) in [6.07, 6.45) is 6.30. The second-order valence-electron chi connectivity index (χ2n) is 8.65. The average molecular weight is 429 g/mol. The summed E-state index contributed by atoms with van der Waals surface area (Å²) in [6, 6.07) is 15.2. The molecule has 5 nitrogen and oxygen atoms in total. The Hall–Kier alpha value is -2.05. The van der Waals surface area contributed by atoms with Gasteiger partial charge < -0.3 is 9.80 Å². The molecule has 1 saturated carbocycles. The SMILES string of the molecule is CC[NH+]1CCN(c2ccc(NS(=O)(=O)c3ccc(C4CCCCC4)cc3)cc2)CC1. The van der Waals surface area contributed by atoms with E-state index in [-0.39, 0.29) is 0 Å². The molecular formula is C24H34N3O2S+. The van der Waals surface area contributed by atoms with Gasteiger partial charge in [0.25, 0.3) is 10.0 Å². The first-order valence-corrected chi connectivity index (χ1v) is 12.8. The molecular weight excluding hydrogens is 394 g/mol. The smallest absolute Gasteiger partial charge is 0.261 e. The predicted molar refractivity (Wildman–Crippen MR) is 123 cm³/mol. The first-order valence-electron chi connectivity index (χ1n) is 11.4. The molecule has 0 amide bonds. The van der Waals surface area contributed by atoms with Crippen molar-refractivity contribution in [2.45, 2.75) is 49.8 Å². The monoisotopic (exact) mass is 428 g/mol. The molecule has 1 saturated heterocycles. The zero-order valence-electron chi connectivity index (χ0n) is 17.9. The van der Waals surface area contributed by atoms with Gasteiger partial charge in [-0.1, -0.05) is 31.4 Å². The Balaban J connectivity index is 1.39. The minimum Gasteiger partial charge on any atom is -0.360 e. The lowest BCUT2D eigenvalue weighted by molar-refractivity contribution is -0.898. The standard InChI is InChI=1S/C24H33N3O2S/c1-2-26-16-18-27(19-17-26)23-12-10-22(11-13-23)25-30(28,29)24-14-8-21(9-15-24)20-6-4-3-5-7-20/h8-15,20,25H,2-7,16-19H2,1H3/p+1. The second-order valence-corrected chi connectivity index (χ2v) is 10.3. The number of nitrogens with zero attached hydrogens (tertiary/aromatic N) is 1. The van der Waals surface area contributed by atoms with Crippen molar-refractivity contribution < 1.29 is 13.3 Å². The van der Waals surface area contributed by atoms with Crippen LogP contribution in [0, 0.1) is 0 Å². The number of quaternary nitrogens is 1. The van der Waals surface area contributed by atoms with Gasteiger partial charge in [-0.05, 0) is 67.6 Å². The van der Waals surface area contributed by atoms with Crippen LogP contribution in [-0.4, -0.2) is 41.1 Å². The normalized spacial score (nSPS) is 19.0. The van der Waals surface area contributed by atoms with E-state index in [0.29, 0.717) is 16.5 Å². The first-order chi connectivity index (χ1) is 14.5. The lowest BCUT2D eigenvalue weighted by atomic mass is 9.84. The van der Waals surface area contributed by atoms with E-state index < -0.39 is 10.0 Å². The van der Waals surface area contributed by atoms with Crippen molar-refractivity contribution in [1.29, 1.82) is 0 Å². The molecule has 2 aliphatic rings. The Morgan fingerprint density at radius 3 is 2.17 bits per heavy atom. The zero-order valence-corrected chi connectivity index (χ0v) is 18.8. The van der Waals surface area contributed by atoms with Crippen molar-refractivity contribution in [3.63, 3.8) is 0 Å². The third-order valence-electron chi connectivity index (χ3n) is 6.72. The van der Waals surface area contributed by atoms with Crippen LogP contribution in [0.3, 0.4) is 0 Å². The average Bonchev–Trinajstić information content (AvgIpc) is 2.80. The van der Waals surface area contributed by atoms with Gasteiger partial charge in [-0.3, -0.25) is 4.72 Å². The molecule has 2 N–H and O–H groups in total. The van der Waals surface area contributed by atoms with E-state index in [1.54, 1.807) is 17.0 Å². The number of sulfonamides is 1. The van der Waals surface area contributed by atoms with Gasteiger partial charge >= 0.3 is 0 Å². The van der Waals surface area contributed by atoms with Crippen LogP contribution in [0.1, 0.15) is 50.5 Å². The summed E-state index contributed by atoms with van der Waals surface area (Å²) >= 11 is 0. The Morgan fingerprint density at radius 1 is 0.933 bits per heavy atom. The first kappa shape index (κ1) is 21.2.